The third kappa shape index (κ3) is 4.74. The molecule has 1 unspecified atom stereocenters. The van der Waals surface area contributed by atoms with Crippen LogP contribution < -0.4 is 5.32 Å². The van der Waals surface area contributed by atoms with Crippen LogP contribution in [0.5, 0.6) is 0 Å². The van der Waals surface area contributed by atoms with Gasteiger partial charge in [-0.15, -0.1) is 0 Å². The Morgan fingerprint density at radius 2 is 2.00 bits per heavy atom. The predicted octanol–water partition coefficient (Wildman–Crippen LogP) is 2.48. The molecule has 0 saturated heterocycles. The van der Waals surface area contributed by atoms with Crippen molar-refractivity contribution in [2.45, 2.75) is 76.9 Å². The summed E-state index contributed by atoms with van der Waals surface area (Å²) in [7, 11) is 0. The van der Waals surface area contributed by atoms with Crippen LogP contribution in [0.1, 0.15) is 59.3 Å². The van der Waals surface area contributed by atoms with Crippen molar-refractivity contribution in [1.29, 1.82) is 0 Å². The fourth-order valence-electron chi connectivity index (χ4n) is 3.01. The molecule has 0 spiro atoms. The molecule has 2 N–H and O–H groups in total. The number of hydrogen-bond acceptors (Lipinski definition) is 3. The van der Waals surface area contributed by atoms with Gasteiger partial charge in [-0.2, -0.15) is 0 Å². The van der Waals surface area contributed by atoms with Crippen LogP contribution in [0, 0.1) is 5.92 Å². The highest BCUT2D eigenvalue weighted by atomic mass is 16.4. The van der Waals surface area contributed by atoms with Gasteiger partial charge < -0.3 is 10.0 Å². The Morgan fingerprint density at radius 1 is 1.35 bits per heavy atom. The van der Waals surface area contributed by atoms with E-state index in [1.807, 2.05) is 20.8 Å². The van der Waals surface area contributed by atoms with Crippen molar-refractivity contribution in [3.05, 3.63) is 0 Å². The molecule has 2 aliphatic carbocycles. The number of nitrogens with one attached hydrogen (secondary N) is 1. The molecule has 0 heterocycles. The first kappa shape index (κ1) is 15.8. The van der Waals surface area contributed by atoms with Crippen molar-refractivity contribution in [1.82, 2.24) is 10.2 Å². The lowest BCUT2D eigenvalue weighted by atomic mass is 9.94. The van der Waals surface area contributed by atoms with Gasteiger partial charge in [-0.05, 0) is 71.8 Å². The van der Waals surface area contributed by atoms with E-state index in [1.165, 1.54) is 32.2 Å². The average molecular weight is 282 g/mol. The Morgan fingerprint density at radius 3 is 2.45 bits per heavy atom. The Labute approximate surface area is 122 Å². The van der Waals surface area contributed by atoms with Gasteiger partial charge in [0.15, 0.2) is 0 Å². The van der Waals surface area contributed by atoms with Crippen LogP contribution in [0.15, 0.2) is 0 Å². The zero-order chi connectivity index (χ0) is 14.8. The summed E-state index contributed by atoms with van der Waals surface area (Å²) >= 11 is 0. The Balaban J connectivity index is 1.77. The zero-order valence-corrected chi connectivity index (χ0v) is 13.2. The van der Waals surface area contributed by atoms with E-state index in [0.29, 0.717) is 6.42 Å². The fourth-order valence-corrected chi connectivity index (χ4v) is 3.01. The number of nitrogens with zero attached hydrogens (tertiary/aromatic N) is 1. The van der Waals surface area contributed by atoms with Crippen LogP contribution in [0.4, 0.5) is 0 Å². The summed E-state index contributed by atoms with van der Waals surface area (Å²) < 4.78 is 0. The molecule has 1 atom stereocenters. The Hall–Kier alpha value is -0.610. The molecule has 0 aromatic heterocycles. The third-order valence-electron chi connectivity index (χ3n) is 4.45. The van der Waals surface area contributed by atoms with E-state index in [2.05, 4.69) is 10.2 Å². The van der Waals surface area contributed by atoms with Crippen LogP contribution in [-0.2, 0) is 4.79 Å². The van der Waals surface area contributed by atoms with Gasteiger partial charge in [0.05, 0.1) is 0 Å². The van der Waals surface area contributed by atoms with Crippen molar-refractivity contribution < 1.29 is 9.90 Å². The Bertz CT molecular complexity index is 337. The molecule has 0 radical (unpaired) electrons. The second kappa shape index (κ2) is 6.44. The van der Waals surface area contributed by atoms with Gasteiger partial charge in [0.25, 0.3) is 0 Å². The molecule has 20 heavy (non-hydrogen) atoms. The van der Waals surface area contributed by atoms with E-state index < -0.39 is 11.5 Å². The van der Waals surface area contributed by atoms with E-state index >= 15 is 0 Å². The first-order valence-electron chi connectivity index (χ1n) is 8.16. The maximum absolute atomic E-state index is 11.5. The molecule has 2 aliphatic rings. The molecule has 2 rings (SSSR count). The van der Waals surface area contributed by atoms with Crippen molar-refractivity contribution in [2.75, 3.05) is 13.1 Å². The summed E-state index contributed by atoms with van der Waals surface area (Å²) in [6.45, 7) is 8.13. The highest BCUT2D eigenvalue weighted by molar-refractivity contribution is 5.78. The lowest BCUT2D eigenvalue weighted by molar-refractivity contribution is -0.144. The lowest BCUT2D eigenvalue weighted by Gasteiger charge is -2.30. The van der Waals surface area contributed by atoms with Crippen LogP contribution in [0.3, 0.4) is 0 Å². The van der Waals surface area contributed by atoms with Gasteiger partial charge in [0, 0.05) is 18.6 Å². The standard InChI is InChI=1S/C16H30N2O2/c1-12(2)17-16(3,15(19)20)9-4-10-18(14-7-8-14)11-13-5-6-13/h12-14,17H,4-11H2,1-3H3,(H,19,20). The number of carboxylic acids is 1. The van der Waals surface area contributed by atoms with Gasteiger partial charge in [0.2, 0.25) is 0 Å². The van der Waals surface area contributed by atoms with Crippen LogP contribution in [0.2, 0.25) is 0 Å². The average Bonchev–Trinajstić information content (AvgIpc) is 3.20. The molecule has 0 aromatic rings. The number of carbonyl (C=O) groups is 1. The molecule has 0 aromatic carbocycles. The molecule has 0 bridgehead atoms. The summed E-state index contributed by atoms with van der Waals surface area (Å²) in [6.07, 6.45) is 7.14. The number of carboxylic acid groups (broad SMARTS) is 1. The maximum atomic E-state index is 11.5. The normalized spacial score (nSPS) is 22.2. The molecule has 116 valence electrons. The topological polar surface area (TPSA) is 52.6 Å². The third-order valence-corrected chi connectivity index (χ3v) is 4.45. The number of rotatable bonds is 10. The van der Waals surface area contributed by atoms with E-state index in [1.54, 1.807) is 0 Å². The minimum absolute atomic E-state index is 0.196. The smallest absolute Gasteiger partial charge is 0.323 e. The highest BCUT2D eigenvalue weighted by Crippen LogP contribution is 2.35. The van der Waals surface area contributed by atoms with Crippen LogP contribution in [-0.4, -0.2) is 46.7 Å². The van der Waals surface area contributed by atoms with Crippen LogP contribution in [0.25, 0.3) is 0 Å². The molecular weight excluding hydrogens is 252 g/mol. The van der Waals surface area contributed by atoms with Crippen molar-refractivity contribution in [3.63, 3.8) is 0 Å². The van der Waals surface area contributed by atoms with E-state index in [9.17, 15) is 9.90 Å². The summed E-state index contributed by atoms with van der Waals surface area (Å²) in [5, 5.41) is 12.7. The fraction of sp³-hybridized carbons (Fsp3) is 0.938. The van der Waals surface area contributed by atoms with Crippen molar-refractivity contribution in [2.24, 2.45) is 5.92 Å². The molecule has 2 fully saturated rings. The van der Waals surface area contributed by atoms with Gasteiger partial charge >= 0.3 is 5.97 Å². The Kier molecular flexibility index (Phi) is 5.08. The van der Waals surface area contributed by atoms with Gasteiger partial charge in [-0.25, -0.2) is 0 Å². The van der Waals surface area contributed by atoms with Crippen molar-refractivity contribution >= 4 is 5.97 Å². The maximum Gasteiger partial charge on any atom is 0.323 e. The largest absolute Gasteiger partial charge is 0.480 e. The zero-order valence-electron chi connectivity index (χ0n) is 13.2. The molecular formula is C16H30N2O2. The summed E-state index contributed by atoms with van der Waals surface area (Å²) in [6, 6.07) is 0.992. The van der Waals surface area contributed by atoms with Crippen molar-refractivity contribution in [3.8, 4) is 0 Å². The quantitative estimate of drug-likeness (QED) is 0.646. The molecule has 4 heteroatoms. The SMILES string of the molecule is CC(C)NC(C)(CCCN(CC1CC1)C1CC1)C(=O)O. The summed E-state index contributed by atoms with van der Waals surface area (Å²) in [5.41, 5.74) is -0.789. The lowest BCUT2D eigenvalue weighted by Crippen LogP contribution is -2.52. The van der Waals surface area contributed by atoms with Gasteiger partial charge in [-0.1, -0.05) is 0 Å². The second-order valence-electron chi connectivity index (χ2n) is 7.21. The first-order chi connectivity index (χ1) is 9.40. The van der Waals surface area contributed by atoms with Gasteiger partial charge in [-0.3, -0.25) is 10.1 Å². The second-order valence-corrected chi connectivity index (χ2v) is 7.21. The number of aliphatic carboxylic acids is 1. The van der Waals surface area contributed by atoms with Crippen LogP contribution >= 0.6 is 0 Å². The molecule has 4 nitrogen and oxygen atoms in total. The molecule has 0 aliphatic heterocycles. The predicted molar refractivity (Wildman–Crippen MR) is 80.9 cm³/mol. The van der Waals surface area contributed by atoms with E-state index in [4.69, 9.17) is 0 Å². The minimum atomic E-state index is -0.789. The van der Waals surface area contributed by atoms with Gasteiger partial charge in [0.1, 0.15) is 5.54 Å². The highest BCUT2D eigenvalue weighted by Gasteiger charge is 2.36. The summed E-state index contributed by atoms with van der Waals surface area (Å²) in [5.74, 6) is 0.196. The van der Waals surface area contributed by atoms with E-state index in [0.717, 1.165) is 24.9 Å². The first-order valence-corrected chi connectivity index (χ1v) is 8.16. The number of hydrogen-bond donors (Lipinski definition) is 2. The minimum Gasteiger partial charge on any atom is -0.480 e. The summed E-state index contributed by atoms with van der Waals surface area (Å²) in [4.78, 5) is 14.1. The molecule has 2 saturated carbocycles. The molecule has 0 amide bonds. The van der Waals surface area contributed by atoms with E-state index in [-0.39, 0.29) is 6.04 Å². The monoisotopic (exact) mass is 282 g/mol.